The molecule has 0 aromatic heterocycles. The van der Waals surface area contributed by atoms with E-state index >= 15 is 0 Å². The lowest BCUT2D eigenvalue weighted by molar-refractivity contribution is -0.117. The number of allylic oxidation sites excluding steroid dienone is 3. The molecule has 1 aromatic carbocycles. The van der Waals surface area contributed by atoms with Crippen LogP contribution in [0, 0.1) is 5.92 Å². The lowest BCUT2D eigenvalue weighted by atomic mass is 9.92. The number of carbonyl (C=O) groups excluding carboxylic acids is 1. The van der Waals surface area contributed by atoms with Gasteiger partial charge < -0.3 is 5.32 Å². The van der Waals surface area contributed by atoms with Crippen LogP contribution in [0.3, 0.4) is 0 Å². The summed E-state index contributed by atoms with van der Waals surface area (Å²) in [7, 11) is 0. The van der Waals surface area contributed by atoms with Crippen LogP contribution in [0.4, 0.5) is 0 Å². The number of nitrogens with one attached hydrogen (secondary N) is 1. The number of benzene rings is 1. The first-order valence-corrected chi connectivity index (χ1v) is 10.9. The minimum absolute atomic E-state index is 0.0485. The summed E-state index contributed by atoms with van der Waals surface area (Å²) >= 11 is 12.1. The van der Waals surface area contributed by atoms with Crippen molar-refractivity contribution in [1.29, 1.82) is 0 Å². The topological polar surface area (TPSA) is 55.6 Å². The third-order valence-electron chi connectivity index (χ3n) is 5.29. The summed E-state index contributed by atoms with van der Waals surface area (Å²) in [6.07, 6.45) is 10.9. The van der Waals surface area contributed by atoms with Crippen LogP contribution in [-0.4, -0.2) is 24.2 Å². The van der Waals surface area contributed by atoms with Gasteiger partial charge in [-0.25, -0.2) is 0 Å². The highest BCUT2D eigenvalue weighted by atomic mass is 35.5. The largest absolute Gasteiger partial charge is 0.429 e. The lowest BCUT2D eigenvalue weighted by Crippen LogP contribution is -2.28. The number of amides is 1. The van der Waals surface area contributed by atoms with Gasteiger partial charge in [-0.1, -0.05) is 42.6 Å². The number of hydrogen-bond donors (Lipinski definition) is 1. The van der Waals surface area contributed by atoms with Crippen LogP contribution in [0.25, 0.3) is 0 Å². The molecule has 0 saturated heterocycles. The average Bonchev–Trinajstić information content (AvgIpc) is 2.71. The van der Waals surface area contributed by atoms with Gasteiger partial charge in [-0.2, -0.15) is 4.67 Å². The zero-order valence-corrected chi connectivity index (χ0v) is 18.2. The van der Waals surface area contributed by atoms with Crippen molar-refractivity contribution in [2.24, 2.45) is 10.9 Å². The van der Waals surface area contributed by atoms with Gasteiger partial charge >= 0.3 is 6.01 Å². The Morgan fingerprint density at radius 3 is 2.76 bits per heavy atom. The van der Waals surface area contributed by atoms with Crippen LogP contribution in [0.15, 0.2) is 46.6 Å². The van der Waals surface area contributed by atoms with E-state index < -0.39 is 0 Å². The van der Waals surface area contributed by atoms with Crippen LogP contribution in [0.1, 0.15) is 51.0 Å². The molecule has 0 aliphatic heterocycles. The highest BCUT2D eigenvalue weighted by Gasteiger charge is 2.22. The molecule has 29 heavy (non-hydrogen) atoms. The van der Waals surface area contributed by atoms with E-state index in [2.05, 4.69) is 27.9 Å². The van der Waals surface area contributed by atoms with Gasteiger partial charge in [0.2, 0.25) is 5.91 Å². The van der Waals surface area contributed by atoms with Crippen molar-refractivity contribution in [3.8, 4) is 0 Å². The standard InChI is InChI=1S/C23H25Cl2N3O/c1-16-13-18(8-10-22(16)28-15-27-20-5-3-2-4-6-20)23(29)26-12-11-17-7-9-19(24)14-21(17)25/h7-10,14,16H,2-6,11-13H2,1H3/p+1. The summed E-state index contributed by atoms with van der Waals surface area (Å²) in [6.45, 7) is 2.59. The fraction of sp³-hybridized carbons (Fsp3) is 0.435. The van der Waals surface area contributed by atoms with Crippen molar-refractivity contribution in [1.82, 2.24) is 9.98 Å². The molecule has 2 aliphatic carbocycles. The Bertz CT molecular complexity index is 927. The molecule has 6 heteroatoms. The predicted octanol–water partition coefficient (Wildman–Crippen LogP) is 5.15. The number of nitrogens with zero attached hydrogens (tertiary/aromatic N) is 2. The Hall–Kier alpha value is -2.09. The van der Waals surface area contributed by atoms with E-state index in [0.29, 0.717) is 29.4 Å². The summed E-state index contributed by atoms with van der Waals surface area (Å²) in [4.78, 5) is 16.9. The number of hydrogen-bond acceptors (Lipinski definition) is 2. The normalized spacial score (nSPS) is 18.9. The van der Waals surface area contributed by atoms with Gasteiger partial charge in [0.15, 0.2) is 11.4 Å². The SMILES string of the molecule is CC1CC(C(=O)NCCc2ccc(Cl)cc2Cl)=CC=C1N=C=[N+]=C1CCCCC1. The van der Waals surface area contributed by atoms with Gasteiger partial charge in [0.25, 0.3) is 0 Å². The molecule has 4 nitrogen and oxygen atoms in total. The highest BCUT2D eigenvalue weighted by molar-refractivity contribution is 6.35. The molecule has 1 unspecified atom stereocenters. The second-order valence-corrected chi connectivity index (χ2v) is 8.42. The minimum atomic E-state index is -0.0485. The third-order valence-corrected chi connectivity index (χ3v) is 5.88. The van der Waals surface area contributed by atoms with Crippen LogP contribution in [0.2, 0.25) is 10.0 Å². The van der Waals surface area contributed by atoms with Gasteiger partial charge in [0.05, 0.1) is 0 Å². The van der Waals surface area contributed by atoms with Gasteiger partial charge in [0, 0.05) is 45.9 Å². The summed E-state index contributed by atoms with van der Waals surface area (Å²) < 4.78 is 4.39. The van der Waals surface area contributed by atoms with Gasteiger partial charge in [-0.05, 0) is 55.5 Å². The molecule has 2 aliphatic rings. The summed E-state index contributed by atoms with van der Waals surface area (Å²) in [6, 6.07) is 8.26. The maximum atomic E-state index is 12.5. The molecule has 1 fully saturated rings. The second-order valence-electron chi connectivity index (χ2n) is 7.58. The van der Waals surface area contributed by atoms with Crippen molar-refractivity contribution in [2.45, 2.75) is 51.9 Å². The second kappa shape index (κ2) is 10.6. The Balaban J connectivity index is 1.57. The summed E-state index contributed by atoms with van der Waals surface area (Å²) in [5.41, 5.74) is 3.83. The number of rotatable bonds is 5. The van der Waals surface area contributed by atoms with Crippen molar-refractivity contribution < 1.29 is 4.79 Å². The molecule has 1 aromatic rings. The summed E-state index contributed by atoms with van der Waals surface area (Å²) in [5.74, 6) is 0.109. The molecule has 1 amide bonds. The number of halogens is 2. The van der Waals surface area contributed by atoms with Crippen LogP contribution < -0.4 is 9.98 Å². The van der Waals surface area contributed by atoms with Crippen molar-refractivity contribution in [2.75, 3.05) is 6.54 Å². The molecular formula is C23H26Cl2N3O+. The molecule has 152 valence electrons. The van der Waals surface area contributed by atoms with E-state index in [0.717, 1.165) is 29.7 Å². The van der Waals surface area contributed by atoms with Gasteiger partial charge in [-0.3, -0.25) is 4.79 Å². The molecule has 3 rings (SSSR count). The molecule has 1 atom stereocenters. The fourth-order valence-corrected chi connectivity index (χ4v) is 4.05. The average molecular weight is 431 g/mol. The van der Waals surface area contributed by atoms with E-state index in [-0.39, 0.29) is 11.8 Å². The van der Waals surface area contributed by atoms with E-state index in [1.165, 1.54) is 25.0 Å². The highest BCUT2D eigenvalue weighted by Crippen LogP contribution is 2.25. The fourth-order valence-electron chi connectivity index (χ4n) is 3.54. The Morgan fingerprint density at radius 2 is 2.03 bits per heavy atom. The summed E-state index contributed by atoms with van der Waals surface area (Å²) in [5, 5.41) is 4.20. The van der Waals surface area contributed by atoms with E-state index in [1.54, 1.807) is 12.1 Å². The zero-order valence-electron chi connectivity index (χ0n) is 16.7. The number of carbonyl (C=O) groups is 1. The first kappa shape index (κ1) is 21.6. The quantitative estimate of drug-likeness (QED) is 0.509. The molecule has 0 radical (unpaired) electrons. The van der Waals surface area contributed by atoms with Crippen LogP contribution in [-0.2, 0) is 11.2 Å². The predicted molar refractivity (Wildman–Crippen MR) is 121 cm³/mol. The molecule has 1 saturated carbocycles. The van der Waals surface area contributed by atoms with Gasteiger partial charge in [0.1, 0.15) is 0 Å². The minimum Gasteiger partial charge on any atom is -0.352 e. The Morgan fingerprint density at radius 1 is 1.24 bits per heavy atom. The van der Waals surface area contributed by atoms with Crippen LogP contribution in [0.5, 0.6) is 0 Å². The molecule has 0 heterocycles. The van der Waals surface area contributed by atoms with Crippen molar-refractivity contribution in [3.05, 3.63) is 57.2 Å². The van der Waals surface area contributed by atoms with Crippen LogP contribution >= 0.6 is 23.2 Å². The van der Waals surface area contributed by atoms with E-state index in [9.17, 15) is 4.79 Å². The molecule has 1 N–H and O–H groups in total. The lowest BCUT2D eigenvalue weighted by Gasteiger charge is -2.15. The van der Waals surface area contributed by atoms with E-state index in [4.69, 9.17) is 23.2 Å². The first-order valence-electron chi connectivity index (χ1n) is 10.2. The van der Waals surface area contributed by atoms with Gasteiger partial charge in [-0.15, -0.1) is 0 Å². The molecule has 0 spiro atoms. The molecular weight excluding hydrogens is 405 g/mol. The van der Waals surface area contributed by atoms with E-state index in [1.807, 2.05) is 18.2 Å². The first-order chi connectivity index (χ1) is 14.0. The maximum absolute atomic E-state index is 12.5. The molecule has 0 bridgehead atoms. The maximum Gasteiger partial charge on any atom is 0.429 e. The Kier molecular flexibility index (Phi) is 7.91. The zero-order chi connectivity index (χ0) is 20.6. The Labute approximate surface area is 182 Å². The third kappa shape index (κ3) is 6.45. The smallest absolute Gasteiger partial charge is 0.352 e. The van der Waals surface area contributed by atoms with Crippen molar-refractivity contribution in [3.63, 3.8) is 0 Å². The monoisotopic (exact) mass is 430 g/mol. The van der Waals surface area contributed by atoms with Crippen molar-refractivity contribution >= 4 is 40.8 Å². The number of aliphatic imine (C=N–C) groups is 1.